The summed E-state index contributed by atoms with van der Waals surface area (Å²) >= 11 is 1.39. The molecule has 156 valence electrons. The molecule has 6 heteroatoms. The average Bonchev–Trinajstić information content (AvgIpc) is 3.38. The fourth-order valence-electron chi connectivity index (χ4n) is 4.17. The van der Waals surface area contributed by atoms with Crippen LogP contribution in [0, 0.1) is 19.8 Å². The van der Waals surface area contributed by atoms with Gasteiger partial charge in [0.15, 0.2) is 0 Å². The second-order valence-corrected chi connectivity index (χ2v) is 9.27. The molecule has 1 saturated carbocycles. The van der Waals surface area contributed by atoms with Crippen LogP contribution in [0.1, 0.15) is 53.4 Å². The van der Waals surface area contributed by atoms with Crippen molar-refractivity contribution in [3.8, 4) is 0 Å². The van der Waals surface area contributed by atoms with Gasteiger partial charge in [-0.15, -0.1) is 5.10 Å². The molecule has 1 heterocycles. The van der Waals surface area contributed by atoms with Gasteiger partial charge in [-0.05, 0) is 48.6 Å². The fourth-order valence-corrected chi connectivity index (χ4v) is 5.10. The Hall–Kier alpha value is -2.60. The van der Waals surface area contributed by atoms with Crippen LogP contribution >= 0.6 is 11.8 Å². The Morgan fingerprint density at radius 3 is 2.53 bits per heavy atom. The van der Waals surface area contributed by atoms with Crippen LogP contribution in [0.5, 0.6) is 0 Å². The van der Waals surface area contributed by atoms with E-state index in [1.165, 1.54) is 37.4 Å². The first-order valence-corrected chi connectivity index (χ1v) is 11.5. The van der Waals surface area contributed by atoms with Gasteiger partial charge in [-0.1, -0.05) is 73.8 Å². The monoisotopic (exact) mass is 420 g/mol. The van der Waals surface area contributed by atoms with Gasteiger partial charge in [-0.2, -0.15) is 0 Å². The summed E-state index contributed by atoms with van der Waals surface area (Å²) < 4.78 is 0. The number of nitrogens with one attached hydrogen (secondary N) is 2. The highest BCUT2D eigenvalue weighted by Crippen LogP contribution is 2.35. The molecular formula is C24H28N4OS. The van der Waals surface area contributed by atoms with Crippen LogP contribution in [0.4, 0.5) is 5.69 Å². The van der Waals surface area contributed by atoms with Gasteiger partial charge >= 0.3 is 0 Å². The van der Waals surface area contributed by atoms with Gasteiger partial charge in [0, 0.05) is 12.1 Å². The largest absolute Gasteiger partial charge is 0.325 e. The lowest BCUT2D eigenvalue weighted by molar-refractivity contribution is -0.115. The molecule has 0 radical (unpaired) electrons. The van der Waals surface area contributed by atoms with E-state index in [2.05, 4.69) is 26.6 Å². The molecule has 1 unspecified atom stereocenters. The van der Waals surface area contributed by atoms with E-state index >= 15 is 0 Å². The normalized spacial score (nSPS) is 15.3. The first-order valence-electron chi connectivity index (χ1n) is 10.6. The molecule has 1 atom stereocenters. The Bertz CT molecular complexity index is 975. The summed E-state index contributed by atoms with van der Waals surface area (Å²) in [4.78, 5) is 17.9. The number of aryl methyl sites for hydroxylation is 2. The number of hydrogen-bond acceptors (Lipinski definition) is 4. The van der Waals surface area contributed by atoms with Crippen molar-refractivity contribution < 1.29 is 4.79 Å². The maximum absolute atomic E-state index is 13.2. The van der Waals surface area contributed by atoms with Gasteiger partial charge in [0.1, 0.15) is 11.1 Å². The standard InChI is InChI=1S/C24H28N4OS/c1-16-12-17(2)14-20(13-16)25-23(29)22(19-10-4-3-5-11-19)30-24-26-21(27-28-24)15-18-8-6-7-9-18/h3-5,10-14,18,22H,6-9,15H2,1-2H3,(H,25,29)(H,26,27,28). The molecule has 0 bridgehead atoms. The molecule has 2 N–H and O–H groups in total. The first kappa shape index (κ1) is 20.7. The minimum absolute atomic E-state index is 0.0710. The van der Waals surface area contributed by atoms with E-state index in [1.54, 1.807) is 0 Å². The van der Waals surface area contributed by atoms with Gasteiger partial charge in [0.25, 0.3) is 0 Å². The summed E-state index contributed by atoms with van der Waals surface area (Å²) in [7, 11) is 0. The van der Waals surface area contributed by atoms with E-state index in [-0.39, 0.29) is 5.91 Å². The molecule has 1 aliphatic rings. The molecule has 30 heavy (non-hydrogen) atoms. The number of hydrogen-bond donors (Lipinski definition) is 2. The lowest BCUT2D eigenvalue weighted by Gasteiger charge is -2.16. The number of aromatic amines is 1. The highest BCUT2D eigenvalue weighted by atomic mass is 32.2. The summed E-state index contributed by atoms with van der Waals surface area (Å²) in [6.07, 6.45) is 6.12. The van der Waals surface area contributed by atoms with Crippen molar-refractivity contribution in [1.82, 2.24) is 15.2 Å². The third kappa shape index (κ3) is 5.30. The Morgan fingerprint density at radius 2 is 1.83 bits per heavy atom. The summed E-state index contributed by atoms with van der Waals surface area (Å²) in [6.45, 7) is 4.07. The molecule has 4 rings (SSSR count). The number of anilines is 1. The molecule has 5 nitrogen and oxygen atoms in total. The van der Waals surface area contributed by atoms with Crippen molar-refractivity contribution in [2.45, 2.75) is 56.4 Å². The van der Waals surface area contributed by atoms with Crippen molar-refractivity contribution >= 4 is 23.4 Å². The molecule has 3 aromatic rings. The number of aromatic nitrogens is 3. The van der Waals surface area contributed by atoms with Gasteiger partial charge in [-0.25, -0.2) is 4.98 Å². The molecule has 2 aromatic carbocycles. The predicted octanol–water partition coefficient (Wildman–Crippen LogP) is 5.63. The number of benzene rings is 2. The van der Waals surface area contributed by atoms with E-state index in [0.717, 1.165) is 34.6 Å². The van der Waals surface area contributed by atoms with Crippen LogP contribution in [0.15, 0.2) is 53.7 Å². The molecule has 0 saturated heterocycles. The number of rotatable bonds is 7. The average molecular weight is 421 g/mol. The van der Waals surface area contributed by atoms with Crippen LogP contribution < -0.4 is 5.32 Å². The highest BCUT2D eigenvalue weighted by molar-refractivity contribution is 8.00. The zero-order chi connectivity index (χ0) is 20.9. The van der Waals surface area contributed by atoms with Gasteiger partial charge in [-0.3, -0.25) is 9.89 Å². The van der Waals surface area contributed by atoms with Crippen LogP contribution in [0.2, 0.25) is 0 Å². The predicted molar refractivity (Wildman–Crippen MR) is 122 cm³/mol. The minimum atomic E-state index is -0.429. The molecule has 1 amide bonds. The van der Waals surface area contributed by atoms with Crippen LogP contribution in [-0.2, 0) is 11.2 Å². The molecular weight excluding hydrogens is 392 g/mol. The third-order valence-corrected chi connectivity index (χ3v) is 6.64. The van der Waals surface area contributed by atoms with E-state index in [0.29, 0.717) is 11.1 Å². The van der Waals surface area contributed by atoms with E-state index in [9.17, 15) is 4.79 Å². The highest BCUT2D eigenvalue weighted by Gasteiger charge is 2.25. The van der Waals surface area contributed by atoms with E-state index < -0.39 is 5.25 Å². The molecule has 1 aromatic heterocycles. The van der Waals surface area contributed by atoms with Gasteiger partial charge < -0.3 is 5.32 Å². The maximum Gasteiger partial charge on any atom is 0.242 e. The summed E-state index contributed by atoms with van der Waals surface area (Å²) in [5, 5.41) is 10.7. The fraction of sp³-hybridized carbons (Fsp3) is 0.375. The minimum Gasteiger partial charge on any atom is -0.325 e. The Morgan fingerprint density at radius 1 is 1.13 bits per heavy atom. The van der Waals surface area contributed by atoms with Crippen LogP contribution in [0.3, 0.4) is 0 Å². The van der Waals surface area contributed by atoms with Gasteiger partial charge in [0.2, 0.25) is 11.1 Å². The third-order valence-electron chi connectivity index (χ3n) is 5.52. The summed E-state index contributed by atoms with van der Waals surface area (Å²) in [5.74, 6) is 1.55. The van der Waals surface area contributed by atoms with E-state index in [1.807, 2.05) is 56.3 Å². The smallest absolute Gasteiger partial charge is 0.242 e. The second-order valence-electron chi connectivity index (χ2n) is 8.19. The number of amides is 1. The Kier molecular flexibility index (Phi) is 6.53. The molecule has 0 aliphatic heterocycles. The topological polar surface area (TPSA) is 70.7 Å². The van der Waals surface area contributed by atoms with Crippen molar-refractivity contribution in [2.24, 2.45) is 5.92 Å². The second kappa shape index (κ2) is 9.47. The lowest BCUT2D eigenvalue weighted by Crippen LogP contribution is -2.19. The Labute approximate surface area is 182 Å². The van der Waals surface area contributed by atoms with Crippen molar-refractivity contribution in [3.63, 3.8) is 0 Å². The lowest BCUT2D eigenvalue weighted by atomic mass is 10.0. The number of nitrogens with zero attached hydrogens (tertiary/aromatic N) is 2. The zero-order valence-corrected chi connectivity index (χ0v) is 18.3. The number of thioether (sulfide) groups is 1. The van der Waals surface area contributed by atoms with Gasteiger partial charge in [0.05, 0.1) is 0 Å². The number of H-pyrrole nitrogens is 1. The number of carbonyl (C=O) groups excluding carboxylic acids is 1. The maximum atomic E-state index is 13.2. The first-order chi connectivity index (χ1) is 14.6. The van der Waals surface area contributed by atoms with Crippen molar-refractivity contribution in [1.29, 1.82) is 0 Å². The van der Waals surface area contributed by atoms with Crippen LogP contribution in [0.25, 0.3) is 0 Å². The Balaban J connectivity index is 1.51. The van der Waals surface area contributed by atoms with Crippen molar-refractivity contribution in [3.05, 3.63) is 71.0 Å². The summed E-state index contributed by atoms with van der Waals surface area (Å²) in [6, 6.07) is 15.9. The molecule has 1 fully saturated rings. The molecule has 1 aliphatic carbocycles. The number of carbonyl (C=O) groups is 1. The quantitative estimate of drug-likeness (QED) is 0.486. The zero-order valence-electron chi connectivity index (χ0n) is 17.5. The van der Waals surface area contributed by atoms with Crippen molar-refractivity contribution in [2.75, 3.05) is 5.32 Å². The van der Waals surface area contributed by atoms with E-state index in [4.69, 9.17) is 0 Å². The summed E-state index contributed by atoms with van der Waals surface area (Å²) in [5.41, 5.74) is 4.00. The van der Waals surface area contributed by atoms with Crippen LogP contribution in [-0.4, -0.2) is 21.1 Å². The molecule has 0 spiro atoms. The SMILES string of the molecule is Cc1cc(C)cc(NC(=O)C(Sc2n[nH]c(CC3CCCC3)n2)c2ccccc2)c1.